The van der Waals surface area contributed by atoms with E-state index in [2.05, 4.69) is 28.1 Å². The minimum atomic E-state index is -2.53. The van der Waals surface area contributed by atoms with Gasteiger partial charge in [-0.25, -0.2) is 0 Å². The van der Waals surface area contributed by atoms with Crippen molar-refractivity contribution in [3.63, 3.8) is 0 Å². The van der Waals surface area contributed by atoms with Gasteiger partial charge in [0.25, 0.3) is 0 Å². The normalized spacial score (nSPS) is 12.0. The molecule has 24 heavy (non-hydrogen) atoms. The molecule has 0 N–H and O–H groups in total. The van der Waals surface area contributed by atoms with Gasteiger partial charge in [0.1, 0.15) is 0 Å². The van der Waals surface area contributed by atoms with Crippen molar-refractivity contribution in [3.05, 3.63) is 29.8 Å². The number of nitrogens with zero attached hydrogens (tertiary/aromatic N) is 2. The Balaban J connectivity index is 2.54. The van der Waals surface area contributed by atoms with Gasteiger partial charge in [0.05, 0.1) is 0 Å². The summed E-state index contributed by atoms with van der Waals surface area (Å²) in [5.41, 5.74) is 2.29. The molecule has 0 atom stereocenters. The van der Waals surface area contributed by atoms with Gasteiger partial charge in [-0.15, -0.1) is 0 Å². The van der Waals surface area contributed by atoms with Crippen molar-refractivity contribution in [1.82, 2.24) is 0 Å². The third kappa shape index (κ3) is 7.13. The van der Waals surface area contributed by atoms with Gasteiger partial charge >= 0.3 is 8.80 Å². The number of anilines is 1. The Bertz CT molecular complexity index is 478. The molecule has 0 saturated carbocycles. The molecule has 0 aliphatic rings. The highest BCUT2D eigenvalue weighted by Crippen LogP contribution is 2.18. The first kappa shape index (κ1) is 20.8. The van der Waals surface area contributed by atoms with Crippen LogP contribution in [0.1, 0.15) is 32.8 Å². The molecule has 0 aromatic heterocycles. The van der Waals surface area contributed by atoms with Crippen molar-refractivity contribution < 1.29 is 13.3 Å². The van der Waals surface area contributed by atoms with Crippen LogP contribution in [-0.2, 0) is 13.3 Å². The van der Waals surface area contributed by atoms with Gasteiger partial charge < -0.3 is 18.2 Å². The zero-order chi connectivity index (χ0) is 17.8. The molecule has 0 bridgehead atoms. The fourth-order valence-corrected chi connectivity index (χ4v) is 5.03. The summed E-state index contributed by atoms with van der Waals surface area (Å²) in [6.07, 6.45) is 2.83. The second kappa shape index (κ2) is 11.4. The highest BCUT2D eigenvalue weighted by atomic mass is 28.4. The molecule has 1 aromatic carbocycles. The van der Waals surface area contributed by atoms with E-state index >= 15 is 0 Å². The van der Waals surface area contributed by atoms with Gasteiger partial charge in [0, 0.05) is 58.4 Å². The van der Waals surface area contributed by atoms with Crippen molar-refractivity contribution in [2.24, 2.45) is 4.99 Å². The van der Waals surface area contributed by atoms with Gasteiger partial charge in [0.15, 0.2) is 0 Å². The minimum absolute atomic E-state index is 0.618. The van der Waals surface area contributed by atoms with E-state index in [1.165, 1.54) is 5.69 Å². The van der Waals surface area contributed by atoms with E-state index in [1.54, 1.807) is 0 Å². The smallest absolute Gasteiger partial charge is 0.378 e. The largest absolute Gasteiger partial charge is 0.500 e. The molecular weight excluding hydrogens is 320 g/mol. The van der Waals surface area contributed by atoms with Crippen LogP contribution >= 0.6 is 0 Å². The predicted molar refractivity (Wildman–Crippen MR) is 103 cm³/mol. The van der Waals surface area contributed by atoms with E-state index in [9.17, 15) is 0 Å². The van der Waals surface area contributed by atoms with Crippen LogP contribution in [0.4, 0.5) is 5.69 Å². The quantitative estimate of drug-likeness (QED) is 0.327. The lowest BCUT2D eigenvalue weighted by Gasteiger charge is -2.28. The van der Waals surface area contributed by atoms with Crippen LogP contribution in [0.5, 0.6) is 0 Å². The van der Waals surface area contributed by atoms with E-state index in [0.29, 0.717) is 19.8 Å². The fraction of sp³-hybridized carbons (Fsp3) is 0.611. The Morgan fingerprint density at radius 2 is 1.67 bits per heavy atom. The van der Waals surface area contributed by atoms with Crippen LogP contribution in [-0.4, -0.2) is 55.5 Å². The lowest BCUT2D eigenvalue weighted by Crippen LogP contribution is -2.46. The number of hydrogen-bond acceptors (Lipinski definition) is 5. The monoisotopic (exact) mass is 352 g/mol. The number of benzene rings is 1. The highest BCUT2D eigenvalue weighted by molar-refractivity contribution is 6.60. The Labute approximate surface area is 148 Å². The Morgan fingerprint density at radius 3 is 2.21 bits per heavy atom. The summed E-state index contributed by atoms with van der Waals surface area (Å²) >= 11 is 0. The molecule has 5 nitrogen and oxygen atoms in total. The van der Waals surface area contributed by atoms with E-state index in [-0.39, 0.29) is 0 Å². The van der Waals surface area contributed by atoms with Crippen molar-refractivity contribution >= 4 is 20.7 Å². The summed E-state index contributed by atoms with van der Waals surface area (Å²) in [6.45, 7) is 8.54. The number of hydrogen-bond donors (Lipinski definition) is 0. The molecule has 6 heteroatoms. The predicted octanol–water partition coefficient (Wildman–Crippen LogP) is 3.61. The third-order valence-electron chi connectivity index (χ3n) is 3.49. The molecular formula is C18H32N2O3Si. The highest BCUT2D eigenvalue weighted by Gasteiger charge is 2.39. The molecule has 136 valence electrons. The van der Waals surface area contributed by atoms with Gasteiger partial charge in [-0.1, -0.05) is 12.1 Å². The molecule has 0 radical (unpaired) electrons. The first-order valence-corrected chi connectivity index (χ1v) is 10.7. The molecule has 0 aliphatic heterocycles. The summed E-state index contributed by atoms with van der Waals surface area (Å²) in [7, 11) is 1.55. The molecule has 0 amide bonds. The zero-order valence-corrected chi connectivity index (χ0v) is 16.7. The summed E-state index contributed by atoms with van der Waals surface area (Å²) < 4.78 is 17.6. The van der Waals surface area contributed by atoms with Crippen LogP contribution < -0.4 is 4.90 Å². The average molecular weight is 353 g/mol. The molecule has 1 aromatic rings. The van der Waals surface area contributed by atoms with Crippen molar-refractivity contribution in [2.75, 3.05) is 45.4 Å². The van der Waals surface area contributed by atoms with E-state index in [0.717, 1.165) is 24.6 Å². The maximum absolute atomic E-state index is 5.85. The van der Waals surface area contributed by atoms with E-state index in [1.807, 2.05) is 47.1 Å². The maximum atomic E-state index is 5.85. The van der Waals surface area contributed by atoms with Crippen molar-refractivity contribution in [3.8, 4) is 0 Å². The van der Waals surface area contributed by atoms with Crippen LogP contribution in [0.2, 0.25) is 6.04 Å². The Morgan fingerprint density at radius 1 is 1.04 bits per heavy atom. The molecule has 1 rings (SSSR count). The van der Waals surface area contributed by atoms with Gasteiger partial charge in [-0.3, -0.25) is 4.99 Å². The Hall–Kier alpha value is -1.21. The summed E-state index contributed by atoms with van der Waals surface area (Å²) in [5.74, 6) is 0. The van der Waals surface area contributed by atoms with E-state index < -0.39 is 8.80 Å². The van der Waals surface area contributed by atoms with E-state index in [4.69, 9.17) is 13.3 Å². The van der Waals surface area contributed by atoms with Gasteiger partial charge in [-0.05, 0) is 44.9 Å². The average Bonchev–Trinajstić information content (AvgIpc) is 2.55. The summed E-state index contributed by atoms with van der Waals surface area (Å²) in [5, 5.41) is 0. The molecule has 0 saturated heterocycles. The zero-order valence-electron chi connectivity index (χ0n) is 15.7. The standard InChI is InChI=1S/C18H32N2O3Si/c1-6-21-24(22-7-2,23-8-3)14-10-13-19-16-17-11-9-12-18(15-17)20(4)5/h9,11-12,15-16H,6-8,10,13-14H2,1-5H3. The van der Waals surface area contributed by atoms with Crippen LogP contribution in [0.3, 0.4) is 0 Å². The number of aliphatic imine (C=N–C) groups is 1. The Kier molecular flexibility index (Phi) is 9.86. The van der Waals surface area contributed by atoms with Crippen LogP contribution in [0, 0.1) is 0 Å². The van der Waals surface area contributed by atoms with Crippen LogP contribution in [0.25, 0.3) is 0 Å². The second-order valence-electron chi connectivity index (χ2n) is 5.61. The number of rotatable bonds is 12. The lowest BCUT2D eigenvalue weighted by molar-refractivity contribution is 0.0710. The first-order chi connectivity index (χ1) is 11.6. The molecule has 0 heterocycles. The second-order valence-corrected chi connectivity index (χ2v) is 8.34. The summed E-state index contributed by atoms with van der Waals surface area (Å²) in [6, 6.07) is 9.13. The SMILES string of the molecule is CCO[Si](CCCN=Cc1cccc(N(C)C)c1)(OCC)OCC. The van der Waals surface area contributed by atoms with Crippen LogP contribution in [0.15, 0.2) is 29.3 Å². The van der Waals surface area contributed by atoms with Gasteiger partial charge in [-0.2, -0.15) is 0 Å². The minimum Gasteiger partial charge on any atom is -0.378 e. The first-order valence-electron chi connectivity index (χ1n) is 8.76. The topological polar surface area (TPSA) is 43.3 Å². The molecule has 0 spiro atoms. The fourth-order valence-electron chi connectivity index (χ4n) is 2.44. The van der Waals surface area contributed by atoms with Crippen molar-refractivity contribution in [2.45, 2.75) is 33.2 Å². The lowest BCUT2D eigenvalue weighted by atomic mass is 10.2. The summed E-state index contributed by atoms with van der Waals surface area (Å²) in [4.78, 5) is 6.62. The maximum Gasteiger partial charge on any atom is 0.500 e. The molecule has 0 fully saturated rings. The molecule has 0 aliphatic carbocycles. The third-order valence-corrected chi connectivity index (χ3v) is 6.64. The van der Waals surface area contributed by atoms with Crippen molar-refractivity contribution in [1.29, 1.82) is 0 Å². The van der Waals surface area contributed by atoms with Gasteiger partial charge in [0.2, 0.25) is 0 Å². The molecule has 0 unspecified atom stereocenters.